The number of Topliss-reactive ketones (excluding diaryl/α,β-unsaturated/α-hetero) is 1. The van der Waals surface area contributed by atoms with Crippen LogP contribution in [0.1, 0.15) is 52.4 Å². The summed E-state index contributed by atoms with van der Waals surface area (Å²) in [6, 6.07) is 0. The first-order valence-corrected chi connectivity index (χ1v) is 6.50. The minimum absolute atomic E-state index is 0.0732. The fourth-order valence-corrected chi connectivity index (χ4v) is 1.79. The van der Waals surface area contributed by atoms with Gasteiger partial charge in [0.2, 0.25) is 0 Å². The fourth-order valence-electron chi connectivity index (χ4n) is 1.79. The molecule has 4 nitrogen and oxygen atoms in total. The lowest BCUT2D eigenvalue weighted by Gasteiger charge is -2.13. The Morgan fingerprint density at radius 3 is 2.41 bits per heavy atom. The summed E-state index contributed by atoms with van der Waals surface area (Å²) >= 11 is 0. The van der Waals surface area contributed by atoms with E-state index in [9.17, 15) is 9.59 Å². The maximum absolute atomic E-state index is 11.8. The van der Waals surface area contributed by atoms with Crippen molar-refractivity contribution < 1.29 is 14.3 Å². The molecule has 1 amide bonds. The molecule has 1 N–H and O–H groups in total. The van der Waals surface area contributed by atoms with Gasteiger partial charge in [-0.1, -0.05) is 39.5 Å². The first-order valence-electron chi connectivity index (χ1n) is 6.50. The number of carbonyl (C=O) groups excluding carboxylic acids is 2. The van der Waals surface area contributed by atoms with Gasteiger partial charge in [0.15, 0.2) is 5.78 Å². The Bertz CT molecular complexity index is 229. The number of hydrogen-bond donors (Lipinski definition) is 1. The Kier molecular flexibility index (Phi) is 9.49. The molecule has 4 heteroatoms. The van der Waals surface area contributed by atoms with Gasteiger partial charge in [0.25, 0.3) is 0 Å². The predicted octanol–water partition coefficient (Wildman–Crippen LogP) is 2.91. The Hall–Kier alpha value is -1.06. The molecule has 0 aliphatic rings. The first-order chi connectivity index (χ1) is 8.15. The van der Waals surface area contributed by atoms with Crippen LogP contribution in [-0.4, -0.2) is 25.5 Å². The monoisotopic (exact) mass is 243 g/mol. The Morgan fingerprint density at radius 2 is 1.88 bits per heavy atom. The molecule has 17 heavy (non-hydrogen) atoms. The zero-order chi connectivity index (χ0) is 13.1. The maximum atomic E-state index is 11.8. The molecule has 1 atom stereocenters. The molecule has 0 aromatic carbocycles. The summed E-state index contributed by atoms with van der Waals surface area (Å²) < 4.78 is 4.42. The van der Waals surface area contributed by atoms with E-state index in [1.54, 1.807) is 0 Å². The highest BCUT2D eigenvalue weighted by Gasteiger charge is 2.16. The Morgan fingerprint density at radius 1 is 1.18 bits per heavy atom. The van der Waals surface area contributed by atoms with E-state index < -0.39 is 6.09 Å². The van der Waals surface area contributed by atoms with Crippen molar-refractivity contribution >= 4 is 11.9 Å². The van der Waals surface area contributed by atoms with Crippen molar-refractivity contribution in [1.29, 1.82) is 0 Å². The number of nitrogens with one attached hydrogen (secondary N) is 1. The van der Waals surface area contributed by atoms with Crippen LogP contribution in [0.25, 0.3) is 0 Å². The summed E-state index contributed by atoms with van der Waals surface area (Å²) in [7, 11) is 1.29. The van der Waals surface area contributed by atoms with Crippen LogP contribution in [0.3, 0.4) is 0 Å². The van der Waals surface area contributed by atoms with Crippen LogP contribution in [0.4, 0.5) is 4.79 Å². The molecule has 0 aliphatic carbocycles. The van der Waals surface area contributed by atoms with Crippen molar-refractivity contribution in [2.45, 2.75) is 52.4 Å². The molecule has 0 spiro atoms. The lowest BCUT2D eigenvalue weighted by atomic mass is 9.94. The molecule has 0 saturated heterocycles. The smallest absolute Gasteiger partial charge is 0.407 e. The van der Waals surface area contributed by atoms with Crippen LogP contribution in [0, 0.1) is 5.92 Å². The van der Waals surface area contributed by atoms with Crippen LogP contribution >= 0.6 is 0 Å². The molecule has 0 aromatic heterocycles. The average Bonchev–Trinajstić information content (AvgIpc) is 2.35. The van der Waals surface area contributed by atoms with Gasteiger partial charge in [0.05, 0.1) is 13.7 Å². The van der Waals surface area contributed by atoms with Gasteiger partial charge in [-0.25, -0.2) is 4.79 Å². The van der Waals surface area contributed by atoms with Crippen LogP contribution in [0.2, 0.25) is 0 Å². The van der Waals surface area contributed by atoms with Gasteiger partial charge in [0.1, 0.15) is 0 Å². The minimum atomic E-state index is -0.542. The molecular weight excluding hydrogens is 218 g/mol. The summed E-state index contributed by atoms with van der Waals surface area (Å²) in [6.07, 6.45) is 5.94. The van der Waals surface area contributed by atoms with E-state index >= 15 is 0 Å². The third kappa shape index (κ3) is 7.77. The number of ether oxygens (including phenoxy) is 1. The summed E-state index contributed by atoms with van der Waals surface area (Å²) in [5.74, 6) is 0.179. The number of carbonyl (C=O) groups is 2. The van der Waals surface area contributed by atoms with Gasteiger partial charge in [-0.05, 0) is 12.8 Å². The number of amides is 1. The predicted molar refractivity (Wildman–Crippen MR) is 68.0 cm³/mol. The number of alkyl carbamates (subject to hydrolysis) is 1. The second-order valence-corrected chi connectivity index (χ2v) is 4.27. The van der Waals surface area contributed by atoms with Crippen molar-refractivity contribution in [3.05, 3.63) is 0 Å². The SMILES string of the molecule is CCCCCCC(CC)C(=O)CNC(=O)OC. The second kappa shape index (κ2) is 10.1. The number of rotatable bonds is 9. The average molecular weight is 243 g/mol. The van der Waals surface area contributed by atoms with E-state index in [1.807, 2.05) is 6.92 Å². The minimum Gasteiger partial charge on any atom is -0.453 e. The van der Waals surface area contributed by atoms with Gasteiger partial charge in [-0.15, -0.1) is 0 Å². The lowest BCUT2D eigenvalue weighted by molar-refractivity contribution is -0.122. The van der Waals surface area contributed by atoms with Crippen molar-refractivity contribution in [2.75, 3.05) is 13.7 Å². The third-order valence-electron chi connectivity index (χ3n) is 2.95. The molecule has 100 valence electrons. The molecule has 0 aliphatic heterocycles. The van der Waals surface area contributed by atoms with E-state index in [1.165, 1.54) is 26.4 Å². The quantitative estimate of drug-likeness (QED) is 0.633. The maximum Gasteiger partial charge on any atom is 0.407 e. The van der Waals surface area contributed by atoms with Gasteiger partial charge in [-0.2, -0.15) is 0 Å². The highest BCUT2D eigenvalue weighted by Crippen LogP contribution is 2.15. The molecule has 0 aromatic rings. The van der Waals surface area contributed by atoms with Crippen LogP contribution < -0.4 is 5.32 Å². The highest BCUT2D eigenvalue weighted by atomic mass is 16.5. The van der Waals surface area contributed by atoms with Crippen molar-refractivity contribution in [1.82, 2.24) is 5.32 Å². The Labute approximate surface area is 104 Å². The normalized spacial score (nSPS) is 11.9. The number of hydrogen-bond acceptors (Lipinski definition) is 3. The lowest BCUT2D eigenvalue weighted by Crippen LogP contribution is -2.32. The van der Waals surface area contributed by atoms with Crippen molar-refractivity contribution in [3.8, 4) is 0 Å². The molecule has 0 bridgehead atoms. The van der Waals surface area contributed by atoms with E-state index in [0.29, 0.717) is 0 Å². The molecular formula is C13H25NO3. The Balaban J connectivity index is 3.83. The summed E-state index contributed by atoms with van der Waals surface area (Å²) in [4.78, 5) is 22.6. The van der Waals surface area contributed by atoms with Crippen molar-refractivity contribution in [2.24, 2.45) is 5.92 Å². The zero-order valence-corrected chi connectivity index (χ0v) is 11.3. The molecule has 0 heterocycles. The zero-order valence-electron chi connectivity index (χ0n) is 11.3. The summed E-state index contributed by atoms with van der Waals surface area (Å²) in [6.45, 7) is 4.27. The molecule has 0 radical (unpaired) electrons. The molecule has 1 unspecified atom stereocenters. The van der Waals surface area contributed by atoms with Gasteiger partial charge < -0.3 is 10.1 Å². The van der Waals surface area contributed by atoms with E-state index in [-0.39, 0.29) is 18.2 Å². The fraction of sp³-hybridized carbons (Fsp3) is 0.846. The number of methoxy groups -OCH3 is 1. The highest BCUT2D eigenvalue weighted by molar-refractivity contribution is 5.85. The van der Waals surface area contributed by atoms with Gasteiger partial charge >= 0.3 is 6.09 Å². The third-order valence-corrected chi connectivity index (χ3v) is 2.95. The second-order valence-electron chi connectivity index (χ2n) is 4.27. The molecule has 0 fully saturated rings. The van der Waals surface area contributed by atoms with Crippen LogP contribution in [0.5, 0.6) is 0 Å². The van der Waals surface area contributed by atoms with Gasteiger partial charge in [0, 0.05) is 5.92 Å². The number of ketones is 1. The largest absolute Gasteiger partial charge is 0.453 e. The van der Waals surface area contributed by atoms with Crippen molar-refractivity contribution in [3.63, 3.8) is 0 Å². The van der Waals surface area contributed by atoms with E-state index in [0.717, 1.165) is 19.3 Å². The van der Waals surface area contributed by atoms with Crippen LogP contribution in [0.15, 0.2) is 0 Å². The summed E-state index contributed by atoms with van der Waals surface area (Å²) in [5, 5.41) is 2.44. The van der Waals surface area contributed by atoms with E-state index in [4.69, 9.17) is 0 Å². The summed E-state index contributed by atoms with van der Waals surface area (Å²) in [5.41, 5.74) is 0. The van der Waals surface area contributed by atoms with E-state index in [2.05, 4.69) is 17.0 Å². The standard InChI is InChI=1S/C13H25NO3/c1-4-6-7-8-9-11(5-2)12(15)10-14-13(16)17-3/h11H,4-10H2,1-3H3,(H,14,16). The van der Waals surface area contributed by atoms with Gasteiger partial charge in [-0.3, -0.25) is 4.79 Å². The first kappa shape index (κ1) is 15.9. The van der Waals surface area contributed by atoms with Crippen LogP contribution in [-0.2, 0) is 9.53 Å². The topological polar surface area (TPSA) is 55.4 Å². The molecule has 0 saturated carbocycles. The number of unbranched alkanes of at least 4 members (excludes halogenated alkanes) is 3. The molecule has 0 rings (SSSR count).